The van der Waals surface area contributed by atoms with Gasteiger partial charge in [-0.3, -0.25) is 4.99 Å². The van der Waals surface area contributed by atoms with Gasteiger partial charge in [-0.15, -0.1) is 0 Å². The Morgan fingerprint density at radius 2 is 2.22 bits per heavy atom. The zero-order chi connectivity index (χ0) is 12.0. The predicted molar refractivity (Wildman–Crippen MR) is 72.2 cm³/mol. The number of fused-ring (bicyclic) bond motifs is 3. The summed E-state index contributed by atoms with van der Waals surface area (Å²) >= 11 is 0. The van der Waals surface area contributed by atoms with Gasteiger partial charge in [0.2, 0.25) is 0 Å². The van der Waals surface area contributed by atoms with Crippen LogP contribution in [0.1, 0.15) is 12.0 Å². The monoisotopic (exact) mass is 237 g/mol. The van der Waals surface area contributed by atoms with Gasteiger partial charge < -0.3 is 4.74 Å². The second kappa shape index (κ2) is 3.58. The van der Waals surface area contributed by atoms with E-state index in [1.807, 2.05) is 6.07 Å². The Morgan fingerprint density at radius 3 is 3.17 bits per heavy atom. The molecule has 0 aromatic heterocycles. The molecule has 1 aromatic carbocycles. The Morgan fingerprint density at radius 1 is 1.28 bits per heavy atom. The fourth-order valence-electron chi connectivity index (χ4n) is 3.25. The minimum Gasteiger partial charge on any atom is -0.480 e. The van der Waals surface area contributed by atoms with Crippen LogP contribution in [0.2, 0.25) is 0 Å². The quantitative estimate of drug-likeness (QED) is 0.680. The van der Waals surface area contributed by atoms with Gasteiger partial charge in [0.1, 0.15) is 5.75 Å². The highest BCUT2D eigenvalue weighted by Crippen LogP contribution is 2.44. The molecule has 0 radical (unpaired) electrons. The molecule has 0 fully saturated rings. The van der Waals surface area contributed by atoms with Crippen molar-refractivity contribution in [1.82, 2.24) is 0 Å². The summed E-state index contributed by atoms with van der Waals surface area (Å²) in [5.41, 5.74) is 2.49. The minimum absolute atomic E-state index is 0.214. The first-order valence-corrected chi connectivity index (χ1v) is 6.51. The maximum Gasteiger partial charge on any atom is 0.154 e. The summed E-state index contributed by atoms with van der Waals surface area (Å²) in [6.45, 7) is 0.748. The van der Waals surface area contributed by atoms with Crippen molar-refractivity contribution in [3.05, 3.63) is 53.6 Å². The van der Waals surface area contributed by atoms with Crippen LogP contribution in [0.3, 0.4) is 0 Å². The molecule has 2 nitrogen and oxygen atoms in total. The maximum absolute atomic E-state index is 6.29. The Balaban J connectivity index is 1.80. The normalized spacial score (nSPS) is 31.8. The first-order chi connectivity index (χ1) is 8.87. The molecule has 0 saturated heterocycles. The van der Waals surface area contributed by atoms with Crippen molar-refractivity contribution < 1.29 is 4.74 Å². The van der Waals surface area contributed by atoms with Crippen molar-refractivity contribution in [2.45, 2.75) is 18.4 Å². The minimum atomic E-state index is -0.214. The molecule has 1 aromatic rings. The lowest BCUT2D eigenvalue weighted by Gasteiger charge is -2.37. The van der Waals surface area contributed by atoms with Crippen LogP contribution >= 0.6 is 0 Å². The van der Waals surface area contributed by atoms with E-state index in [1.165, 1.54) is 11.1 Å². The van der Waals surface area contributed by atoms with E-state index in [0.717, 1.165) is 25.1 Å². The number of nitrogens with zero attached hydrogens (tertiary/aromatic N) is 1. The first-order valence-electron chi connectivity index (χ1n) is 6.51. The summed E-state index contributed by atoms with van der Waals surface area (Å²) in [5.74, 6) is 1.46. The summed E-state index contributed by atoms with van der Waals surface area (Å²) in [5, 5.41) is 0. The van der Waals surface area contributed by atoms with E-state index in [0.29, 0.717) is 5.92 Å². The van der Waals surface area contributed by atoms with Gasteiger partial charge in [0.05, 0.1) is 6.54 Å². The Hall–Kier alpha value is -1.83. The molecule has 0 bridgehead atoms. The Bertz CT molecular complexity index is 558. The van der Waals surface area contributed by atoms with Gasteiger partial charge in [-0.05, 0) is 23.6 Å². The van der Waals surface area contributed by atoms with Crippen LogP contribution < -0.4 is 4.74 Å². The number of hydrogen-bond donors (Lipinski definition) is 0. The Kier molecular flexibility index (Phi) is 2.01. The molecule has 3 aliphatic rings. The van der Waals surface area contributed by atoms with Crippen LogP contribution in [0, 0.1) is 5.92 Å². The number of rotatable bonds is 0. The molecule has 0 amide bonds. The number of allylic oxidation sites excluding steroid dienone is 3. The van der Waals surface area contributed by atoms with E-state index in [1.54, 1.807) is 0 Å². The largest absolute Gasteiger partial charge is 0.480 e. The lowest BCUT2D eigenvalue weighted by atomic mass is 9.76. The van der Waals surface area contributed by atoms with Crippen molar-refractivity contribution >= 4 is 6.21 Å². The summed E-state index contributed by atoms with van der Waals surface area (Å²) in [4.78, 5) is 4.56. The summed E-state index contributed by atoms with van der Waals surface area (Å²) in [7, 11) is 0. The molecule has 2 heterocycles. The molecule has 18 heavy (non-hydrogen) atoms. The number of hydrogen-bond acceptors (Lipinski definition) is 2. The zero-order valence-corrected chi connectivity index (χ0v) is 10.2. The molecule has 2 heteroatoms. The highest BCUT2D eigenvalue weighted by Gasteiger charge is 2.46. The third-order valence-electron chi connectivity index (χ3n) is 4.11. The second-order valence-corrected chi connectivity index (χ2v) is 5.26. The van der Waals surface area contributed by atoms with E-state index in [9.17, 15) is 0 Å². The van der Waals surface area contributed by atoms with Crippen molar-refractivity contribution in [3.63, 3.8) is 0 Å². The van der Waals surface area contributed by atoms with Crippen LogP contribution in [-0.4, -0.2) is 18.4 Å². The van der Waals surface area contributed by atoms with Gasteiger partial charge in [-0.1, -0.05) is 36.4 Å². The van der Waals surface area contributed by atoms with E-state index in [-0.39, 0.29) is 5.60 Å². The highest BCUT2D eigenvalue weighted by atomic mass is 16.5. The van der Waals surface area contributed by atoms with Gasteiger partial charge in [-0.25, -0.2) is 0 Å². The molecule has 90 valence electrons. The van der Waals surface area contributed by atoms with Crippen LogP contribution in [-0.2, 0) is 6.42 Å². The van der Waals surface area contributed by atoms with E-state index in [4.69, 9.17) is 4.74 Å². The van der Waals surface area contributed by atoms with Gasteiger partial charge in [0, 0.05) is 18.6 Å². The van der Waals surface area contributed by atoms with Crippen molar-refractivity contribution in [1.29, 1.82) is 0 Å². The van der Waals surface area contributed by atoms with E-state index in [2.05, 4.69) is 47.6 Å². The summed E-state index contributed by atoms with van der Waals surface area (Å²) in [6.07, 6.45) is 10.7. The number of aliphatic imine (C=N–C) groups is 1. The summed E-state index contributed by atoms with van der Waals surface area (Å²) < 4.78 is 6.29. The zero-order valence-electron chi connectivity index (χ0n) is 10.2. The number of para-hydroxylation sites is 1. The Labute approximate surface area is 107 Å². The molecule has 0 saturated carbocycles. The van der Waals surface area contributed by atoms with Gasteiger partial charge in [0.15, 0.2) is 5.60 Å². The third-order valence-corrected chi connectivity index (χ3v) is 4.11. The SMILES string of the molecule is C1=CCC2C=NCC3(Cc4ccccc4O3)C2=C1. The van der Waals surface area contributed by atoms with Crippen molar-refractivity contribution in [2.75, 3.05) is 6.54 Å². The molecule has 2 aliphatic heterocycles. The fourth-order valence-corrected chi connectivity index (χ4v) is 3.25. The molecule has 4 rings (SSSR count). The number of ether oxygens (including phenoxy) is 1. The third kappa shape index (κ3) is 1.32. The van der Waals surface area contributed by atoms with E-state index >= 15 is 0 Å². The molecular formula is C16H15NO. The van der Waals surface area contributed by atoms with Crippen molar-refractivity contribution in [2.24, 2.45) is 10.9 Å². The molecular weight excluding hydrogens is 222 g/mol. The van der Waals surface area contributed by atoms with Gasteiger partial charge >= 0.3 is 0 Å². The average Bonchev–Trinajstić information content (AvgIpc) is 2.78. The van der Waals surface area contributed by atoms with Crippen LogP contribution in [0.15, 0.2) is 53.1 Å². The molecule has 1 aliphatic carbocycles. The standard InChI is InChI=1S/C16H15NO/c1-3-7-14-13(6-1)10-17-11-16(14)9-12-5-2-4-8-15(12)18-16/h1-5,7-8,10,13H,6,9,11H2. The number of benzene rings is 1. The lowest BCUT2D eigenvalue weighted by Crippen LogP contribution is -2.45. The average molecular weight is 237 g/mol. The molecule has 2 unspecified atom stereocenters. The van der Waals surface area contributed by atoms with Crippen LogP contribution in [0.25, 0.3) is 0 Å². The topological polar surface area (TPSA) is 21.6 Å². The first kappa shape index (κ1) is 10.1. The van der Waals surface area contributed by atoms with Crippen LogP contribution in [0.4, 0.5) is 0 Å². The lowest BCUT2D eigenvalue weighted by molar-refractivity contribution is 0.132. The second-order valence-electron chi connectivity index (χ2n) is 5.26. The predicted octanol–water partition coefficient (Wildman–Crippen LogP) is 2.95. The van der Waals surface area contributed by atoms with E-state index < -0.39 is 0 Å². The van der Waals surface area contributed by atoms with Gasteiger partial charge in [0.25, 0.3) is 0 Å². The highest BCUT2D eigenvalue weighted by molar-refractivity contribution is 5.70. The molecule has 1 spiro atoms. The van der Waals surface area contributed by atoms with Crippen LogP contribution in [0.5, 0.6) is 5.75 Å². The fraction of sp³-hybridized carbons (Fsp3) is 0.312. The van der Waals surface area contributed by atoms with Crippen molar-refractivity contribution in [3.8, 4) is 5.75 Å². The molecule has 0 N–H and O–H groups in total. The smallest absolute Gasteiger partial charge is 0.154 e. The molecule has 2 atom stereocenters. The maximum atomic E-state index is 6.29. The summed E-state index contributed by atoms with van der Waals surface area (Å²) in [6, 6.07) is 8.35. The van der Waals surface area contributed by atoms with Gasteiger partial charge in [-0.2, -0.15) is 0 Å².